The monoisotopic (exact) mass is 330 g/mol. The van der Waals surface area contributed by atoms with Crippen molar-refractivity contribution in [2.24, 2.45) is 0 Å². The molecule has 2 rings (SSSR count). The van der Waals surface area contributed by atoms with Crippen molar-refractivity contribution in [1.29, 1.82) is 0 Å². The van der Waals surface area contributed by atoms with E-state index in [0.717, 1.165) is 16.8 Å². The first kappa shape index (κ1) is 17.7. The van der Waals surface area contributed by atoms with E-state index in [0.29, 0.717) is 0 Å². The number of carbonyl (C=O) groups is 1. The minimum absolute atomic E-state index is 0.00449. The van der Waals surface area contributed by atoms with Crippen LogP contribution in [0.1, 0.15) is 46.3 Å². The van der Waals surface area contributed by atoms with Gasteiger partial charge < -0.3 is 5.32 Å². The maximum Gasteiger partial charge on any atom is 0.241 e. The topological polar surface area (TPSA) is 41.1 Å². The molecular weight excluding hydrogens is 304 g/mol. The molecule has 2 unspecified atom stereocenters. The lowest BCUT2D eigenvalue weighted by molar-refractivity contribution is -0.117. The van der Waals surface area contributed by atoms with Gasteiger partial charge in [0.1, 0.15) is 0 Å². The number of aryl methyl sites for hydroxylation is 4. The van der Waals surface area contributed by atoms with Crippen LogP contribution in [0.25, 0.3) is 0 Å². The first-order chi connectivity index (χ1) is 10.8. The standard InChI is InChI=1S/C19H26N2OS/c1-11-7-8-12(2)18(9-11)21-19(22)15(5)20-14(4)17-10-13(3)23-16(17)6/h7-10,14-15,20H,1-6H3,(H,21,22). The number of thiophene rings is 1. The number of nitrogens with one attached hydrogen (secondary N) is 2. The summed E-state index contributed by atoms with van der Waals surface area (Å²) in [5.74, 6) is -0.00449. The van der Waals surface area contributed by atoms with Gasteiger partial charge in [0, 0.05) is 21.5 Å². The number of hydrogen-bond donors (Lipinski definition) is 2. The van der Waals surface area contributed by atoms with Crippen molar-refractivity contribution < 1.29 is 4.79 Å². The van der Waals surface area contributed by atoms with Crippen molar-refractivity contribution in [3.05, 3.63) is 50.7 Å². The summed E-state index contributed by atoms with van der Waals surface area (Å²) < 4.78 is 0. The van der Waals surface area contributed by atoms with Crippen LogP contribution in [0.3, 0.4) is 0 Å². The van der Waals surface area contributed by atoms with Crippen LogP contribution in [0.5, 0.6) is 0 Å². The Labute approximate surface area is 143 Å². The number of rotatable bonds is 5. The van der Waals surface area contributed by atoms with Gasteiger partial charge in [0.15, 0.2) is 0 Å². The van der Waals surface area contributed by atoms with Gasteiger partial charge in [-0.1, -0.05) is 12.1 Å². The van der Waals surface area contributed by atoms with Crippen molar-refractivity contribution in [3.63, 3.8) is 0 Å². The molecule has 4 heteroatoms. The van der Waals surface area contributed by atoms with Gasteiger partial charge in [0.25, 0.3) is 0 Å². The fourth-order valence-corrected chi connectivity index (χ4v) is 3.75. The van der Waals surface area contributed by atoms with Crippen molar-refractivity contribution in [2.75, 3.05) is 5.32 Å². The zero-order valence-electron chi connectivity index (χ0n) is 14.8. The maximum absolute atomic E-state index is 12.5. The Bertz CT molecular complexity index is 705. The molecule has 1 heterocycles. The molecule has 0 fully saturated rings. The number of benzene rings is 1. The Morgan fingerprint density at radius 1 is 1.09 bits per heavy atom. The summed E-state index contributed by atoms with van der Waals surface area (Å²) in [5, 5.41) is 6.43. The molecule has 1 amide bonds. The number of amides is 1. The first-order valence-corrected chi connectivity index (χ1v) is 8.80. The average molecular weight is 330 g/mol. The Kier molecular flexibility index (Phi) is 5.60. The van der Waals surface area contributed by atoms with Crippen molar-refractivity contribution in [3.8, 4) is 0 Å². The summed E-state index contributed by atoms with van der Waals surface area (Å²) in [7, 11) is 0. The summed E-state index contributed by atoms with van der Waals surface area (Å²) in [6, 6.07) is 8.19. The fraction of sp³-hybridized carbons (Fsp3) is 0.421. The number of carbonyl (C=O) groups excluding carboxylic acids is 1. The van der Waals surface area contributed by atoms with E-state index in [-0.39, 0.29) is 18.0 Å². The molecule has 0 aliphatic carbocycles. The fourth-order valence-electron chi connectivity index (χ4n) is 2.73. The molecule has 2 aromatic rings. The third kappa shape index (κ3) is 4.43. The summed E-state index contributed by atoms with van der Waals surface area (Å²) in [6.45, 7) is 12.3. The van der Waals surface area contributed by atoms with E-state index >= 15 is 0 Å². The van der Waals surface area contributed by atoms with Gasteiger partial charge in [-0.25, -0.2) is 0 Å². The first-order valence-electron chi connectivity index (χ1n) is 7.99. The lowest BCUT2D eigenvalue weighted by Crippen LogP contribution is -2.39. The normalized spacial score (nSPS) is 13.7. The molecule has 0 radical (unpaired) electrons. The third-order valence-electron chi connectivity index (χ3n) is 4.09. The highest BCUT2D eigenvalue weighted by molar-refractivity contribution is 7.12. The van der Waals surface area contributed by atoms with E-state index < -0.39 is 0 Å². The van der Waals surface area contributed by atoms with E-state index in [1.54, 1.807) is 11.3 Å². The molecule has 124 valence electrons. The Morgan fingerprint density at radius 2 is 1.78 bits per heavy atom. The highest BCUT2D eigenvalue weighted by atomic mass is 32.1. The molecule has 0 aliphatic heterocycles. The largest absolute Gasteiger partial charge is 0.324 e. The molecule has 0 aliphatic rings. The second-order valence-electron chi connectivity index (χ2n) is 6.29. The lowest BCUT2D eigenvalue weighted by Gasteiger charge is -2.20. The highest BCUT2D eigenvalue weighted by Gasteiger charge is 2.19. The van der Waals surface area contributed by atoms with Crippen LogP contribution in [-0.2, 0) is 4.79 Å². The quantitative estimate of drug-likeness (QED) is 0.837. The molecule has 0 saturated carbocycles. The minimum Gasteiger partial charge on any atom is -0.324 e. The van der Waals surface area contributed by atoms with Gasteiger partial charge in [0.2, 0.25) is 5.91 Å². The highest BCUT2D eigenvalue weighted by Crippen LogP contribution is 2.26. The maximum atomic E-state index is 12.5. The van der Waals surface area contributed by atoms with E-state index in [1.165, 1.54) is 15.3 Å². The molecule has 1 aromatic heterocycles. The van der Waals surface area contributed by atoms with E-state index in [1.807, 2.05) is 32.9 Å². The second-order valence-corrected chi connectivity index (χ2v) is 7.75. The zero-order chi connectivity index (χ0) is 17.1. The Balaban J connectivity index is 2.02. The number of anilines is 1. The molecule has 0 bridgehead atoms. The third-order valence-corrected chi connectivity index (χ3v) is 5.07. The van der Waals surface area contributed by atoms with Crippen molar-refractivity contribution in [1.82, 2.24) is 5.32 Å². The van der Waals surface area contributed by atoms with Crippen LogP contribution in [0.4, 0.5) is 5.69 Å². The molecular formula is C19H26N2OS. The zero-order valence-corrected chi connectivity index (χ0v) is 15.6. The molecule has 3 nitrogen and oxygen atoms in total. The van der Waals surface area contributed by atoms with Crippen molar-refractivity contribution >= 4 is 22.9 Å². The van der Waals surface area contributed by atoms with Crippen LogP contribution in [0.2, 0.25) is 0 Å². The molecule has 0 spiro atoms. The second kappa shape index (κ2) is 7.28. The van der Waals surface area contributed by atoms with Gasteiger partial charge in [-0.15, -0.1) is 11.3 Å². The smallest absolute Gasteiger partial charge is 0.241 e. The molecule has 23 heavy (non-hydrogen) atoms. The van der Waals surface area contributed by atoms with E-state index in [4.69, 9.17) is 0 Å². The lowest BCUT2D eigenvalue weighted by atomic mass is 10.1. The summed E-state index contributed by atoms with van der Waals surface area (Å²) in [5.41, 5.74) is 4.38. The molecule has 2 N–H and O–H groups in total. The van der Waals surface area contributed by atoms with Crippen LogP contribution >= 0.6 is 11.3 Å². The molecule has 2 atom stereocenters. The molecule has 0 saturated heterocycles. The van der Waals surface area contributed by atoms with Gasteiger partial charge >= 0.3 is 0 Å². The van der Waals surface area contributed by atoms with Crippen LogP contribution in [0, 0.1) is 27.7 Å². The van der Waals surface area contributed by atoms with Gasteiger partial charge in [-0.3, -0.25) is 10.1 Å². The summed E-state index contributed by atoms with van der Waals surface area (Å²) in [6.07, 6.45) is 0. The van der Waals surface area contributed by atoms with Crippen LogP contribution in [0.15, 0.2) is 24.3 Å². The average Bonchev–Trinajstić information content (AvgIpc) is 2.81. The minimum atomic E-state index is -0.260. The van der Waals surface area contributed by atoms with E-state index in [9.17, 15) is 4.79 Å². The van der Waals surface area contributed by atoms with Gasteiger partial charge in [-0.05, 0) is 70.4 Å². The van der Waals surface area contributed by atoms with E-state index in [2.05, 4.69) is 43.5 Å². The molecule has 1 aromatic carbocycles. The Morgan fingerprint density at radius 3 is 2.39 bits per heavy atom. The van der Waals surface area contributed by atoms with Crippen LogP contribution in [-0.4, -0.2) is 11.9 Å². The predicted molar refractivity (Wildman–Crippen MR) is 99.4 cm³/mol. The Hall–Kier alpha value is -1.65. The van der Waals surface area contributed by atoms with Gasteiger partial charge in [-0.2, -0.15) is 0 Å². The summed E-state index contributed by atoms with van der Waals surface area (Å²) in [4.78, 5) is 15.1. The SMILES string of the molecule is Cc1ccc(C)c(NC(=O)C(C)NC(C)c2cc(C)sc2C)c1. The van der Waals surface area contributed by atoms with Crippen LogP contribution < -0.4 is 10.6 Å². The van der Waals surface area contributed by atoms with Gasteiger partial charge in [0.05, 0.1) is 6.04 Å². The predicted octanol–water partition coefficient (Wildman–Crippen LogP) is 4.66. The number of hydrogen-bond acceptors (Lipinski definition) is 3. The van der Waals surface area contributed by atoms with Crippen molar-refractivity contribution in [2.45, 2.75) is 53.6 Å². The summed E-state index contributed by atoms with van der Waals surface area (Å²) >= 11 is 1.80.